The Balaban J connectivity index is 1.72. The van der Waals surface area contributed by atoms with Gasteiger partial charge in [0.2, 0.25) is 0 Å². The Morgan fingerprint density at radius 2 is 2.22 bits per heavy atom. The van der Waals surface area contributed by atoms with Gasteiger partial charge in [-0.2, -0.15) is 0 Å². The first kappa shape index (κ1) is 14.1. The number of allylic oxidation sites excluding steroid dienone is 1. The van der Waals surface area contributed by atoms with Crippen LogP contribution in [0.1, 0.15) is 58.3 Å². The summed E-state index contributed by atoms with van der Waals surface area (Å²) < 4.78 is 6.00. The number of fused-ring (bicyclic) bond motifs is 2. The summed E-state index contributed by atoms with van der Waals surface area (Å²) in [6, 6.07) is 0.689. The normalized spacial score (nSPS) is 31.7. The van der Waals surface area contributed by atoms with Gasteiger partial charge in [0, 0.05) is 12.0 Å². The molecular formula is C16H29NO. The maximum Gasteiger partial charge on any atom is 0.0623 e. The van der Waals surface area contributed by atoms with Gasteiger partial charge in [0.1, 0.15) is 0 Å². The molecule has 4 atom stereocenters. The summed E-state index contributed by atoms with van der Waals surface area (Å²) in [4.78, 5) is 0. The van der Waals surface area contributed by atoms with Crippen LogP contribution < -0.4 is 5.32 Å². The van der Waals surface area contributed by atoms with E-state index in [0.29, 0.717) is 18.2 Å². The predicted octanol–water partition coefficient (Wildman–Crippen LogP) is 3.67. The van der Waals surface area contributed by atoms with Gasteiger partial charge in [-0.1, -0.05) is 25.8 Å². The second kappa shape index (κ2) is 7.30. The molecule has 0 aromatic carbocycles. The number of unbranched alkanes of at least 4 members (excludes halogenated alkanes) is 3. The molecule has 2 aliphatic heterocycles. The van der Waals surface area contributed by atoms with Crippen LogP contribution in [0.25, 0.3) is 0 Å². The summed E-state index contributed by atoms with van der Waals surface area (Å²) in [6.07, 6.45) is 13.6. The lowest BCUT2D eigenvalue weighted by Crippen LogP contribution is -2.40. The van der Waals surface area contributed by atoms with Crippen LogP contribution in [0, 0.1) is 5.92 Å². The molecule has 1 N–H and O–H groups in total. The monoisotopic (exact) mass is 251 g/mol. The fourth-order valence-electron chi connectivity index (χ4n) is 3.66. The first-order valence-corrected chi connectivity index (χ1v) is 7.85. The third kappa shape index (κ3) is 3.58. The van der Waals surface area contributed by atoms with Crippen molar-refractivity contribution in [1.82, 2.24) is 5.32 Å². The molecule has 2 nitrogen and oxygen atoms in total. The van der Waals surface area contributed by atoms with Gasteiger partial charge < -0.3 is 10.1 Å². The maximum absolute atomic E-state index is 6.00. The van der Waals surface area contributed by atoms with Gasteiger partial charge in [0.25, 0.3) is 0 Å². The molecule has 0 aromatic heterocycles. The van der Waals surface area contributed by atoms with Gasteiger partial charge in [0.15, 0.2) is 0 Å². The summed E-state index contributed by atoms with van der Waals surface area (Å²) in [6.45, 7) is 7.09. The van der Waals surface area contributed by atoms with Crippen LogP contribution in [0.5, 0.6) is 0 Å². The van der Waals surface area contributed by atoms with Crippen molar-refractivity contribution in [2.45, 2.75) is 76.5 Å². The van der Waals surface area contributed by atoms with E-state index < -0.39 is 0 Å². The maximum atomic E-state index is 6.00. The number of nitrogens with one attached hydrogen (secondary N) is 1. The quantitative estimate of drug-likeness (QED) is 0.499. The van der Waals surface area contributed by atoms with Crippen molar-refractivity contribution in [2.75, 3.05) is 6.54 Å². The van der Waals surface area contributed by atoms with E-state index in [9.17, 15) is 0 Å². The van der Waals surface area contributed by atoms with Gasteiger partial charge >= 0.3 is 0 Å². The average Bonchev–Trinajstić information content (AvgIpc) is 2.99. The van der Waals surface area contributed by atoms with E-state index in [1.54, 1.807) is 0 Å². The fraction of sp³-hybridized carbons (Fsp3) is 0.875. The standard InChI is InChI=1S/C16H29NO/c1-3-5-6-7-8-9-15(17-4-2)14-12-13-10-11-16(14)18-13/h3,13-17H,1,4-12H2,2H3. The minimum Gasteiger partial charge on any atom is -0.375 e. The zero-order chi connectivity index (χ0) is 12.8. The van der Waals surface area contributed by atoms with Crippen LogP contribution in [-0.2, 0) is 4.74 Å². The fourth-order valence-corrected chi connectivity index (χ4v) is 3.66. The molecular weight excluding hydrogens is 222 g/mol. The van der Waals surface area contributed by atoms with Gasteiger partial charge in [-0.25, -0.2) is 0 Å². The smallest absolute Gasteiger partial charge is 0.0623 e. The van der Waals surface area contributed by atoms with Crippen molar-refractivity contribution in [3.8, 4) is 0 Å². The summed E-state index contributed by atoms with van der Waals surface area (Å²) >= 11 is 0. The molecule has 104 valence electrons. The molecule has 2 aliphatic rings. The average molecular weight is 251 g/mol. The minimum atomic E-state index is 0.562. The Morgan fingerprint density at radius 3 is 2.83 bits per heavy atom. The lowest BCUT2D eigenvalue weighted by molar-refractivity contribution is 0.0848. The van der Waals surface area contributed by atoms with E-state index in [4.69, 9.17) is 4.74 Å². The molecule has 2 saturated heterocycles. The highest BCUT2D eigenvalue weighted by Crippen LogP contribution is 2.41. The van der Waals surface area contributed by atoms with Crippen LogP contribution in [-0.4, -0.2) is 24.8 Å². The summed E-state index contributed by atoms with van der Waals surface area (Å²) in [5.41, 5.74) is 0. The molecule has 2 heterocycles. The zero-order valence-electron chi connectivity index (χ0n) is 11.9. The number of ether oxygens (including phenoxy) is 1. The molecule has 2 bridgehead atoms. The molecule has 4 unspecified atom stereocenters. The predicted molar refractivity (Wildman–Crippen MR) is 76.7 cm³/mol. The largest absolute Gasteiger partial charge is 0.375 e. The second-order valence-corrected chi connectivity index (χ2v) is 5.86. The Hall–Kier alpha value is -0.340. The molecule has 2 heteroatoms. The highest BCUT2D eigenvalue weighted by atomic mass is 16.5. The third-order valence-corrected chi connectivity index (χ3v) is 4.56. The minimum absolute atomic E-state index is 0.562. The van der Waals surface area contributed by atoms with E-state index in [2.05, 4.69) is 18.8 Å². The van der Waals surface area contributed by atoms with Crippen molar-refractivity contribution < 1.29 is 4.74 Å². The van der Waals surface area contributed by atoms with E-state index >= 15 is 0 Å². The van der Waals surface area contributed by atoms with Crippen molar-refractivity contribution in [3.63, 3.8) is 0 Å². The van der Waals surface area contributed by atoms with Gasteiger partial charge in [-0.15, -0.1) is 6.58 Å². The third-order valence-electron chi connectivity index (χ3n) is 4.56. The SMILES string of the molecule is C=CCCCCCC(NCC)C1CC2CCC1O2. The molecule has 0 aliphatic carbocycles. The Morgan fingerprint density at radius 1 is 1.33 bits per heavy atom. The number of hydrogen-bond acceptors (Lipinski definition) is 2. The lowest BCUT2D eigenvalue weighted by Gasteiger charge is -2.29. The van der Waals surface area contributed by atoms with Crippen molar-refractivity contribution in [1.29, 1.82) is 0 Å². The Bertz CT molecular complexity index is 253. The number of rotatable bonds is 9. The molecule has 18 heavy (non-hydrogen) atoms. The Kier molecular flexibility index (Phi) is 5.71. The topological polar surface area (TPSA) is 21.3 Å². The highest BCUT2D eigenvalue weighted by Gasteiger charge is 2.43. The zero-order valence-corrected chi connectivity index (χ0v) is 11.9. The summed E-state index contributed by atoms with van der Waals surface area (Å²) in [5.74, 6) is 0.781. The van der Waals surface area contributed by atoms with Gasteiger partial charge in [-0.05, 0) is 45.1 Å². The van der Waals surface area contributed by atoms with E-state index in [0.717, 1.165) is 12.5 Å². The highest BCUT2D eigenvalue weighted by molar-refractivity contribution is 4.95. The van der Waals surface area contributed by atoms with Gasteiger partial charge in [0.05, 0.1) is 12.2 Å². The molecule has 0 saturated carbocycles. The van der Waals surface area contributed by atoms with Gasteiger partial charge in [-0.3, -0.25) is 0 Å². The molecule has 0 aromatic rings. The lowest BCUT2D eigenvalue weighted by atomic mass is 9.82. The summed E-state index contributed by atoms with van der Waals surface area (Å²) in [7, 11) is 0. The van der Waals surface area contributed by atoms with E-state index in [1.165, 1.54) is 51.4 Å². The van der Waals surface area contributed by atoms with Crippen LogP contribution >= 0.6 is 0 Å². The second-order valence-electron chi connectivity index (χ2n) is 5.86. The van der Waals surface area contributed by atoms with Crippen LogP contribution in [0.15, 0.2) is 12.7 Å². The molecule has 2 fully saturated rings. The van der Waals surface area contributed by atoms with Crippen LogP contribution in [0.4, 0.5) is 0 Å². The van der Waals surface area contributed by atoms with Crippen LogP contribution in [0.3, 0.4) is 0 Å². The number of hydrogen-bond donors (Lipinski definition) is 1. The molecule has 0 radical (unpaired) electrons. The van der Waals surface area contributed by atoms with Crippen LogP contribution in [0.2, 0.25) is 0 Å². The van der Waals surface area contributed by atoms with Crippen molar-refractivity contribution >= 4 is 0 Å². The molecule has 0 amide bonds. The Labute approximate surface area is 112 Å². The first-order valence-electron chi connectivity index (χ1n) is 7.85. The van der Waals surface area contributed by atoms with Crippen molar-refractivity contribution in [2.24, 2.45) is 5.92 Å². The van der Waals surface area contributed by atoms with E-state index in [-0.39, 0.29) is 0 Å². The van der Waals surface area contributed by atoms with E-state index in [1.807, 2.05) is 6.08 Å². The molecule has 2 rings (SSSR count). The van der Waals surface area contributed by atoms with Crippen molar-refractivity contribution in [3.05, 3.63) is 12.7 Å². The first-order chi connectivity index (χ1) is 8.85. The summed E-state index contributed by atoms with van der Waals surface area (Å²) in [5, 5.41) is 3.70. The molecule has 0 spiro atoms.